The van der Waals surface area contributed by atoms with Gasteiger partial charge in [0.05, 0.1) is 39.9 Å². The molecule has 69 heavy (non-hydrogen) atoms. The number of rotatable bonds is 51. The Bertz CT molecular complexity index is 1400. The van der Waals surface area contributed by atoms with Crippen molar-refractivity contribution in [3.05, 3.63) is 85.1 Å². The van der Waals surface area contributed by atoms with Crippen molar-refractivity contribution in [3.63, 3.8) is 0 Å². The summed E-state index contributed by atoms with van der Waals surface area (Å²) >= 11 is 0. The van der Waals surface area contributed by atoms with Gasteiger partial charge in [-0.2, -0.15) is 0 Å². The predicted octanol–water partition coefficient (Wildman–Crippen LogP) is 17.3. The zero-order valence-electron chi connectivity index (χ0n) is 45.5. The van der Waals surface area contributed by atoms with Crippen molar-refractivity contribution >= 4 is 13.7 Å². The summed E-state index contributed by atoms with van der Waals surface area (Å²) < 4.78 is 23.7. The number of likely N-dealkylation sites (N-methyl/N-ethyl adjacent to an activating group) is 1. The normalized spacial score (nSPS) is 14.6. The first kappa shape index (κ1) is 66.7. The van der Waals surface area contributed by atoms with E-state index in [1.807, 2.05) is 27.2 Å². The van der Waals surface area contributed by atoms with E-state index in [4.69, 9.17) is 9.05 Å². The molecule has 0 aliphatic carbocycles. The molecule has 0 aliphatic heterocycles. The van der Waals surface area contributed by atoms with E-state index in [0.717, 1.165) is 70.6 Å². The summed E-state index contributed by atoms with van der Waals surface area (Å²) in [6.45, 7) is 4.68. The number of carbonyl (C=O) groups excluding carboxylic acids is 1. The first-order valence-corrected chi connectivity index (χ1v) is 30.0. The highest BCUT2D eigenvalue weighted by atomic mass is 31.2. The molecule has 1 amide bonds. The van der Waals surface area contributed by atoms with Gasteiger partial charge >= 0.3 is 7.82 Å². The summed E-state index contributed by atoms with van der Waals surface area (Å²) in [5, 5.41) is 13.9. The fourth-order valence-corrected chi connectivity index (χ4v) is 8.62. The van der Waals surface area contributed by atoms with Crippen LogP contribution in [0.15, 0.2) is 85.1 Å². The van der Waals surface area contributed by atoms with E-state index < -0.39 is 20.0 Å². The number of allylic oxidation sites excluding steroid dienone is 13. The van der Waals surface area contributed by atoms with Crippen LogP contribution < -0.4 is 5.32 Å². The number of unbranched alkanes of at least 4 members (excludes halogenated alkanes) is 26. The number of phosphoric acid groups is 1. The van der Waals surface area contributed by atoms with Gasteiger partial charge in [0.1, 0.15) is 13.2 Å². The number of hydrogen-bond donors (Lipinski definition) is 3. The molecule has 3 N–H and O–H groups in total. The van der Waals surface area contributed by atoms with E-state index in [9.17, 15) is 19.4 Å². The molecule has 0 saturated carbocycles. The number of phosphoric ester groups is 1. The lowest BCUT2D eigenvalue weighted by atomic mass is 10.0. The van der Waals surface area contributed by atoms with Gasteiger partial charge in [-0.25, -0.2) is 4.57 Å². The lowest BCUT2D eigenvalue weighted by Crippen LogP contribution is -2.45. The molecule has 0 aliphatic rings. The molecule has 0 fully saturated rings. The molecule has 400 valence electrons. The largest absolute Gasteiger partial charge is 0.472 e. The third kappa shape index (κ3) is 53.3. The quantitative estimate of drug-likeness (QED) is 0.0243. The van der Waals surface area contributed by atoms with Crippen LogP contribution in [0, 0.1) is 0 Å². The molecule has 0 radical (unpaired) electrons. The molecule has 0 aromatic heterocycles. The topological polar surface area (TPSA) is 105 Å². The van der Waals surface area contributed by atoms with Crippen molar-refractivity contribution in [1.82, 2.24) is 5.32 Å². The van der Waals surface area contributed by atoms with E-state index in [-0.39, 0.29) is 19.1 Å². The Kier molecular flexibility index (Phi) is 48.9. The second-order valence-electron chi connectivity index (χ2n) is 20.3. The van der Waals surface area contributed by atoms with Crippen molar-refractivity contribution in [3.8, 4) is 0 Å². The minimum atomic E-state index is -4.36. The molecule has 0 heterocycles. The predicted molar refractivity (Wildman–Crippen MR) is 299 cm³/mol. The monoisotopic (exact) mass is 986 g/mol. The fraction of sp³-hybridized carbons (Fsp3) is 0.750. The van der Waals surface area contributed by atoms with Gasteiger partial charge in [0, 0.05) is 6.42 Å². The van der Waals surface area contributed by atoms with Gasteiger partial charge in [-0.15, -0.1) is 0 Å². The number of hydrogen-bond acceptors (Lipinski definition) is 5. The summed E-state index contributed by atoms with van der Waals surface area (Å²) in [5.41, 5.74) is 0. The second kappa shape index (κ2) is 50.6. The number of nitrogens with one attached hydrogen (secondary N) is 1. The maximum absolute atomic E-state index is 13.0. The highest BCUT2D eigenvalue weighted by Gasteiger charge is 2.27. The molecule has 3 atom stereocenters. The smallest absolute Gasteiger partial charge is 0.387 e. The molecule has 0 aromatic rings. The molecular weight excluding hydrogens is 876 g/mol. The van der Waals surface area contributed by atoms with E-state index >= 15 is 0 Å². The summed E-state index contributed by atoms with van der Waals surface area (Å²) in [5.74, 6) is -0.192. The van der Waals surface area contributed by atoms with Crippen LogP contribution in [0.2, 0.25) is 0 Å². The van der Waals surface area contributed by atoms with Gasteiger partial charge in [0.15, 0.2) is 0 Å². The van der Waals surface area contributed by atoms with Crippen molar-refractivity contribution in [2.45, 2.75) is 251 Å². The van der Waals surface area contributed by atoms with Gasteiger partial charge < -0.3 is 19.8 Å². The molecule has 0 aromatic carbocycles. The van der Waals surface area contributed by atoms with Crippen LogP contribution >= 0.6 is 7.82 Å². The van der Waals surface area contributed by atoms with E-state index in [1.165, 1.54) is 148 Å². The number of carbonyl (C=O) groups is 1. The highest BCUT2D eigenvalue weighted by molar-refractivity contribution is 7.47. The lowest BCUT2D eigenvalue weighted by molar-refractivity contribution is -0.870. The molecule has 0 rings (SSSR count). The van der Waals surface area contributed by atoms with Crippen LogP contribution in [-0.4, -0.2) is 73.4 Å². The molecule has 0 saturated heterocycles. The standard InChI is InChI=1S/C60H109N2O6P/c1-6-8-10-12-14-16-18-20-22-24-26-27-28-29-30-31-32-33-34-35-36-38-40-42-44-46-48-50-52-54-60(64)61-58(57-68-69(65,66)67-56-55-62(3,4)5)59(63)53-51-49-47-45-43-41-39-37-25-23-21-19-17-15-13-11-9-7-2/h8,10,14,16,20,22,25-27,37,43,45,51,53,58-59,63H,6-7,9,11-13,15,17-19,21,23-24,28-36,38-42,44,46-50,52,54-57H2,1-5H3,(H-,61,64,65,66)/p+1/b10-8-,16-14-,22-20-,27-26-,37-25+,45-43+,53-51+. The maximum Gasteiger partial charge on any atom is 0.472 e. The Balaban J connectivity index is 4.21. The number of aliphatic hydroxyl groups is 1. The minimum absolute atomic E-state index is 0.0511. The van der Waals surface area contributed by atoms with E-state index in [1.54, 1.807) is 6.08 Å². The zero-order chi connectivity index (χ0) is 50.6. The van der Waals surface area contributed by atoms with Gasteiger partial charge in [0.2, 0.25) is 5.91 Å². The molecule has 3 unspecified atom stereocenters. The maximum atomic E-state index is 13.0. The van der Waals surface area contributed by atoms with Crippen LogP contribution in [0.4, 0.5) is 0 Å². The third-order valence-electron chi connectivity index (χ3n) is 12.3. The average Bonchev–Trinajstić information content (AvgIpc) is 3.31. The summed E-state index contributed by atoms with van der Waals surface area (Å²) in [6.07, 6.45) is 71.1. The van der Waals surface area contributed by atoms with Crippen molar-refractivity contribution in [2.24, 2.45) is 0 Å². The Labute approximate surface area is 426 Å². The van der Waals surface area contributed by atoms with Gasteiger partial charge in [-0.3, -0.25) is 13.8 Å². The fourth-order valence-electron chi connectivity index (χ4n) is 7.89. The van der Waals surface area contributed by atoms with Crippen molar-refractivity contribution in [1.29, 1.82) is 0 Å². The summed E-state index contributed by atoms with van der Waals surface area (Å²) in [4.78, 5) is 23.3. The van der Waals surface area contributed by atoms with Crippen molar-refractivity contribution in [2.75, 3.05) is 40.9 Å². The second-order valence-corrected chi connectivity index (χ2v) is 21.7. The number of nitrogens with zero attached hydrogens (tertiary/aromatic N) is 1. The van der Waals surface area contributed by atoms with E-state index in [0.29, 0.717) is 17.4 Å². The van der Waals surface area contributed by atoms with Crippen molar-refractivity contribution < 1.29 is 32.9 Å². The summed E-state index contributed by atoms with van der Waals surface area (Å²) in [6, 6.07) is -0.873. The van der Waals surface area contributed by atoms with Crippen LogP contribution in [0.3, 0.4) is 0 Å². The molecule has 8 nitrogen and oxygen atoms in total. The van der Waals surface area contributed by atoms with Gasteiger partial charge in [-0.1, -0.05) is 234 Å². The number of aliphatic hydroxyl groups excluding tert-OH is 1. The van der Waals surface area contributed by atoms with Gasteiger partial charge in [-0.05, 0) is 83.5 Å². The van der Waals surface area contributed by atoms with Gasteiger partial charge in [0.25, 0.3) is 0 Å². The lowest BCUT2D eigenvalue weighted by Gasteiger charge is -2.25. The average molecular weight is 987 g/mol. The Morgan fingerprint density at radius 1 is 0.507 bits per heavy atom. The minimum Gasteiger partial charge on any atom is -0.387 e. The Hall–Kier alpha value is -2.32. The first-order chi connectivity index (χ1) is 33.5. The van der Waals surface area contributed by atoms with Crippen LogP contribution in [-0.2, 0) is 18.4 Å². The van der Waals surface area contributed by atoms with Crippen LogP contribution in [0.25, 0.3) is 0 Å². The molecular formula is C60H110N2O6P+. The number of quaternary nitrogens is 1. The zero-order valence-corrected chi connectivity index (χ0v) is 46.4. The van der Waals surface area contributed by atoms with E-state index in [2.05, 4.69) is 92.1 Å². The molecule has 0 bridgehead atoms. The highest BCUT2D eigenvalue weighted by Crippen LogP contribution is 2.43. The Morgan fingerprint density at radius 3 is 1.33 bits per heavy atom. The first-order valence-electron chi connectivity index (χ1n) is 28.5. The number of amides is 1. The van der Waals surface area contributed by atoms with Crippen LogP contribution in [0.5, 0.6) is 0 Å². The summed E-state index contributed by atoms with van der Waals surface area (Å²) in [7, 11) is 1.54. The SMILES string of the molecule is CC/C=C\C/C=C\C/C=C\C/C=C\CCCCCCCCCCCCCCCCCCC(=O)NC(COP(=O)(O)OCC[N+](C)(C)C)C(O)/C=C/CC/C=C/CC/C=C/CCCCCCCCCC. The van der Waals surface area contributed by atoms with Crippen LogP contribution in [0.1, 0.15) is 239 Å². The molecule has 9 heteroatoms. The molecule has 0 spiro atoms. The Morgan fingerprint density at radius 2 is 0.884 bits per heavy atom. The third-order valence-corrected chi connectivity index (χ3v) is 13.3.